The fraction of sp³-hybridized carbons (Fsp3) is 0.259. The van der Waals surface area contributed by atoms with Crippen molar-refractivity contribution in [3.05, 3.63) is 95.1 Å². The molecule has 0 saturated heterocycles. The Morgan fingerprint density at radius 1 is 0.944 bits per heavy atom. The normalized spacial score (nSPS) is 11.9. The Hall–Kier alpha value is -4.01. The first-order chi connectivity index (χ1) is 17.2. The molecule has 3 rings (SSSR count). The molecule has 0 aromatic heterocycles. The topological polar surface area (TPSA) is 79.5 Å². The maximum absolute atomic E-state index is 13.5. The number of halogens is 3. The van der Waals surface area contributed by atoms with Gasteiger partial charge < -0.3 is 20.7 Å². The van der Waals surface area contributed by atoms with Gasteiger partial charge in [0.25, 0.3) is 5.91 Å². The lowest BCUT2D eigenvalue weighted by Crippen LogP contribution is -2.49. The van der Waals surface area contributed by atoms with E-state index in [9.17, 15) is 22.8 Å². The number of nitrogens with one attached hydrogen (secondary N) is 3. The van der Waals surface area contributed by atoms with Crippen LogP contribution in [0.5, 0.6) is 5.75 Å². The molecule has 0 bridgehead atoms. The van der Waals surface area contributed by atoms with Gasteiger partial charge in [0.05, 0.1) is 12.7 Å². The number of methoxy groups -OCH3 is 1. The Bertz CT molecular complexity index is 1180. The molecule has 6 nitrogen and oxygen atoms in total. The van der Waals surface area contributed by atoms with Crippen molar-refractivity contribution in [1.29, 1.82) is 0 Å². The van der Waals surface area contributed by atoms with Crippen molar-refractivity contribution < 1.29 is 27.5 Å². The minimum atomic E-state index is -4.58. The van der Waals surface area contributed by atoms with Crippen LogP contribution in [0.1, 0.15) is 27.0 Å². The summed E-state index contributed by atoms with van der Waals surface area (Å²) in [5.74, 6) is -0.413. The minimum absolute atomic E-state index is 0.0777. The number of hydrogen-bond donors (Lipinski definition) is 3. The summed E-state index contributed by atoms with van der Waals surface area (Å²) in [4.78, 5) is 25.8. The van der Waals surface area contributed by atoms with E-state index >= 15 is 0 Å². The quantitative estimate of drug-likeness (QED) is 0.357. The maximum Gasteiger partial charge on any atom is 0.416 e. The molecule has 190 valence electrons. The predicted molar refractivity (Wildman–Crippen MR) is 132 cm³/mol. The van der Waals surface area contributed by atoms with Crippen molar-refractivity contribution in [1.82, 2.24) is 10.6 Å². The van der Waals surface area contributed by atoms with Crippen molar-refractivity contribution in [3.63, 3.8) is 0 Å². The number of rotatable bonds is 10. The van der Waals surface area contributed by atoms with Gasteiger partial charge >= 0.3 is 6.18 Å². The standard InChI is InChI=1S/C27H28F3N3O3/c1-18-6-5-8-20(16-18)25(34)33-24(17-19-7-3-4-9-23(19)27(28,29)30)26(35)32-15-14-31-21-10-12-22(36-2)13-11-21/h3-13,16,24,31H,14-15,17H2,1-2H3,(H,32,35)(H,33,34)/t24-/m0/s1. The number of carbonyl (C=O) groups excluding carboxylic acids is 2. The Kier molecular flexibility index (Phi) is 8.94. The van der Waals surface area contributed by atoms with Crippen molar-refractivity contribution in [2.24, 2.45) is 0 Å². The van der Waals surface area contributed by atoms with Crippen LogP contribution in [0.25, 0.3) is 0 Å². The maximum atomic E-state index is 13.5. The molecule has 0 unspecified atom stereocenters. The van der Waals surface area contributed by atoms with E-state index in [1.54, 1.807) is 37.4 Å². The van der Waals surface area contributed by atoms with Gasteiger partial charge in [0.15, 0.2) is 0 Å². The fourth-order valence-electron chi connectivity index (χ4n) is 3.66. The molecule has 0 aliphatic heterocycles. The van der Waals surface area contributed by atoms with Crippen LogP contribution in [0.15, 0.2) is 72.8 Å². The van der Waals surface area contributed by atoms with Crippen molar-refractivity contribution in [3.8, 4) is 5.75 Å². The van der Waals surface area contributed by atoms with Crippen LogP contribution in [0.3, 0.4) is 0 Å². The summed E-state index contributed by atoms with van der Waals surface area (Å²) >= 11 is 0. The van der Waals surface area contributed by atoms with Crippen LogP contribution in [0.4, 0.5) is 18.9 Å². The Morgan fingerprint density at radius 2 is 1.67 bits per heavy atom. The van der Waals surface area contributed by atoms with E-state index < -0.39 is 29.6 Å². The molecule has 3 aromatic carbocycles. The lowest BCUT2D eigenvalue weighted by molar-refractivity contribution is -0.138. The number of hydrogen-bond acceptors (Lipinski definition) is 4. The van der Waals surface area contributed by atoms with Gasteiger partial charge in [-0.3, -0.25) is 9.59 Å². The summed E-state index contributed by atoms with van der Waals surface area (Å²) in [7, 11) is 1.57. The second-order valence-corrected chi connectivity index (χ2v) is 8.20. The number of alkyl halides is 3. The third kappa shape index (κ3) is 7.49. The van der Waals surface area contributed by atoms with Crippen LogP contribution >= 0.6 is 0 Å². The van der Waals surface area contributed by atoms with Crippen LogP contribution < -0.4 is 20.7 Å². The molecule has 3 aromatic rings. The zero-order valence-corrected chi connectivity index (χ0v) is 20.0. The van der Waals surface area contributed by atoms with Crippen LogP contribution in [-0.4, -0.2) is 38.1 Å². The third-order valence-corrected chi connectivity index (χ3v) is 5.49. The number of anilines is 1. The molecule has 0 aliphatic rings. The molecule has 0 aliphatic carbocycles. The first kappa shape index (κ1) is 26.6. The van der Waals surface area contributed by atoms with Gasteiger partial charge in [0, 0.05) is 30.8 Å². The minimum Gasteiger partial charge on any atom is -0.497 e. The van der Waals surface area contributed by atoms with Crippen molar-refractivity contribution in [2.75, 3.05) is 25.5 Å². The van der Waals surface area contributed by atoms with Gasteiger partial charge in [0.2, 0.25) is 5.91 Å². The van der Waals surface area contributed by atoms with Crippen LogP contribution in [0, 0.1) is 6.92 Å². The molecule has 0 saturated carbocycles. The van der Waals surface area contributed by atoms with Gasteiger partial charge in [-0.25, -0.2) is 0 Å². The Morgan fingerprint density at radius 3 is 2.33 bits per heavy atom. The number of ether oxygens (including phenoxy) is 1. The summed E-state index contributed by atoms with van der Waals surface area (Å²) in [6.45, 7) is 2.38. The van der Waals surface area contributed by atoms with E-state index in [0.29, 0.717) is 17.9 Å². The molecule has 2 amide bonds. The zero-order chi connectivity index (χ0) is 26.1. The predicted octanol–water partition coefficient (Wildman–Crippen LogP) is 4.59. The Balaban J connectivity index is 1.70. The highest BCUT2D eigenvalue weighted by atomic mass is 19.4. The second kappa shape index (κ2) is 12.1. The summed E-state index contributed by atoms with van der Waals surface area (Å²) in [6, 6.07) is 17.8. The summed E-state index contributed by atoms with van der Waals surface area (Å²) in [5, 5.41) is 8.44. The van der Waals surface area contributed by atoms with Gasteiger partial charge in [-0.05, 0) is 55.0 Å². The number of carbonyl (C=O) groups is 2. The highest BCUT2D eigenvalue weighted by Crippen LogP contribution is 2.32. The SMILES string of the molecule is COc1ccc(NCCNC(=O)[C@H](Cc2ccccc2C(F)(F)F)NC(=O)c2cccc(C)c2)cc1. The van der Waals surface area contributed by atoms with E-state index in [1.807, 2.05) is 25.1 Å². The molecule has 0 heterocycles. The van der Waals surface area contributed by atoms with E-state index in [-0.39, 0.29) is 18.5 Å². The molecule has 0 radical (unpaired) electrons. The lowest BCUT2D eigenvalue weighted by Gasteiger charge is -2.21. The highest BCUT2D eigenvalue weighted by molar-refractivity contribution is 5.97. The average molecular weight is 500 g/mol. The molecule has 0 spiro atoms. The molecule has 9 heteroatoms. The van der Waals surface area contributed by atoms with Gasteiger partial charge in [0.1, 0.15) is 11.8 Å². The van der Waals surface area contributed by atoms with Crippen LogP contribution in [-0.2, 0) is 17.4 Å². The smallest absolute Gasteiger partial charge is 0.416 e. The third-order valence-electron chi connectivity index (χ3n) is 5.49. The van der Waals surface area contributed by atoms with Crippen LogP contribution in [0.2, 0.25) is 0 Å². The number of amides is 2. The summed E-state index contributed by atoms with van der Waals surface area (Å²) in [5.41, 5.74) is 1.06. The number of aryl methyl sites for hydroxylation is 1. The molecule has 36 heavy (non-hydrogen) atoms. The lowest BCUT2D eigenvalue weighted by atomic mass is 9.98. The summed E-state index contributed by atoms with van der Waals surface area (Å²) in [6.07, 6.45) is -4.90. The second-order valence-electron chi connectivity index (χ2n) is 8.20. The van der Waals surface area contributed by atoms with Crippen molar-refractivity contribution in [2.45, 2.75) is 25.6 Å². The van der Waals surface area contributed by atoms with Gasteiger partial charge in [-0.2, -0.15) is 13.2 Å². The first-order valence-electron chi connectivity index (χ1n) is 11.4. The fourth-order valence-corrected chi connectivity index (χ4v) is 3.66. The molecule has 0 fully saturated rings. The summed E-state index contributed by atoms with van der Waals surface area (Å²) < 4.78 is 45.7. The van der Waals surface area contributed by atoms with Gasteiger partial charge in [-0.1, -0.05) is 35.9 Å². The van der Waals surface area contributed by atoms with E-state index in [2.05, 4.69) is 16.0 Å². The van der Waals surface area contributed by atoms with Crippen molar-refractivity contribution >= 4 is 17.5 Å². The Labute approximate surface area is 207 Å². The molecule has 1 atom stereocenters. The zero-order valence-electron chi connectivity index (χ0n) is 20.0. The average Bonchev–Trinajstić information content (AvgIpc) is 2.86. The molecular formula is C27H28F3N3O3. The first-order valence-corrected chi connectivity index (χ1v) is 11.4. The van der Waals surface area contributed by atoms with E-state index in [0.717, 1.165) is 17.3 Å². The van der Waals surface area contributed by atoms with E-state index in [4.69, 9.17) is 4.74 Å². The monoisotopic (exact) mass is 499 g/mol. The van der Waals surface area contributed by atoms with E-state index in [1.165, 1.54) is 18.2 Å². The largest absolute Gasteiger partial charge is 0.497 e. The highest BCUT2D eigenvalue weighted by Gasteiger charge is 2.34. The van der Waals surface area contributed by atoms with Gasteiger partial charge in [-0.15, -0.1) is 0 Å². The molecular weight excluding hydrogens is 471 g/mol. The molecule has 3 N–H and O–H groups in total. The number of benzene rings is 3.